The molecule has 0 fully saturated rings. The number of fused-ring (bicyclic) bond motifs is 1. The van der Waals surface area contributed by atoms with Gasteiger partial charge in [-0.1, -0.05) is 6.07 Å². The minimum absolute atomic E-state index is 0.625. The SMILES string of the molecule is CSc1ccc(NCc2ccc3c(c2)OCCO3)cc1. The van der Waals surface area contributed by atoms with Crippen LogP contribution in [0.15, 0.2) is 47.4 Å². The van der Waals surface area contributed by atoms with Gasteiger partial charge in [0.25, 0.3) is 0 Å². The summed E-state index contributed by atoms with van der Waals surface area (Å²) in [6.07, 6.45) is 2.08. The van der Waals surface area contributed by atoms with Crippen molar-refractivity contribution in [2.24, 2.45) is 0 Å². The average molecular weight is 287 g/mol. The summed E-state index contributed by atoms with van der Waals surface area (Å²) in [5, 5.41) is 3.41. The van der Waals surface area contributed by atoms with Gasteiger partial charge < -0.3 is 14.8 Å². The highest BCUT2D eigenvalue weighted by molar-refractivity contribution is 7.98. The Morgan fingerprint density at radius 2 is 1.75 bits per heavy atom. The minimum atomic E-state index is 0.625. The largest absolute Gasteiger partial charge is 0.486 e. The van der Waals surface area contributed by atoms with Crippen molar-refractivity contribution in [3.63, 3.8) is 0 Å². The van der Waals surface area contributed by atoms with Crippen LogP contribution in [-0.2, 0) is 6.54 Å². The van der Waals surface area contributed by atoms with Crippen molar-refractivity contribution in [3.8, 4) is 11.5 Å². The van der Waals surface area contributed by atoms with Crippen molar-refractivity contribution in [1.82, 2.24) is 0 Å². The Labute approximate surface area is 123 Å². The van der Waals surface area contributed by atoms with Crippen molar-refractivity contribution < 1.29 is 9.47 Å². The van der Waals surface area contributed by atoms with Crippen molar-refractivity contribution in [2.45, 2.75) is 11.4 Å². The second kappa shape index (κ2) is 6.09. The van der Waals surface area contributed by atoms with Crippen molar-refractivity contribution in [3.05, 3.63) is 48.0 Å². The molecule has 0 atom stereocenters. The number of anilines is 1. The van der Waals surface area contributed by atoms with E-state index in [4.69, 9.17) is 9.47 Å². The zero-order valence-corrected chi connectivity index (χ0v) is 12.2. The maximum Gasteiger partial charge on any atom is 0.161 e. The highest BCUT2D eigenvalue weighted by Gasteiger charge is 2.11. The van der Waals surface area contributed by atoms with Gasteiger partial charge in [-0.15, -0.1) is 11.8 Å². The molecular formula is C16H17NO2S. The molecule has 0 aliphatic carbocycles. The Balaban J connectivity index is 1.65. The van der Waals surface area contributed by atoms with Gasteiger partial charge in [0, 0.05) is 17.1 Å². The first-order valence-electron chi connectivity index (χ1n) is 6.61. The molecule has 0 aromatic heterocycles. The first-order valence-corrected chi connectivity index (χ1v) is 7.84. The summed E-state index contributed by atoms with van der Waals surface area (Å²) >= 11 is 1.75. The highest BCUT2D eigenvalue weighted by Crippen LogP contribution is 2.31. The zero-order valence-electron chi connectivity index (χ0n) is 11.4. The van der Waals surface area contributed by atoms with Gasteiger partial charge in [0.05, 0.1) is 0 Å². The van der Waals surface area contributed by atoms with E-state index in [0.29, 0.717) is 13.2 Å². The molecule has 104 valence electrons. The molecule has 2 aromatic carbocycles. The van der Waals surface area contributed by atoms with Gasteiger partial charge in [0.1, 0.15) is 13.2 Å². The van der Waals surface area contributed by atoms with Gasteiger partial charge in [-0.25, -0.2) is 0 Å². The molecule has 0 unspecified atom stereocenters. The van der Waals surface area contributed by atoms with Gasteiger partial charge in [0.15, 0.2) is 11.5 Å². The Kier molecular flexibility index (Phi) is 4.02. The third-order valence-corrected chi connectivity index (χ3v) is 3.94. The van der Waals surface area contributed by atoms with E-state index < -0.39 is 0 Å². The van der Waals surface area contributed by atoms with E-state index in [1.807, 2.05) is 12.1 Å². The molecule has 0 bridgehead atoms. The Morgan fingerprint density at radius 1 is 1.00 bits per heavy atom. The number of nitrogens with one attached hydrogen (secondary N) is 1. The maximum atomic E-state index is 5.59. The van der Waals surface area contributed by atoms with E-state index in [-0.39, 0.29) is 0 Å². The summed E-state index contributed by atoms with van der Waals surface area (Å²) in [5.41, 5.74) is 2.31. The van der Waals surface area contributed by atoms with Crippen LogP contribution in [0.5, 0.6) is 11.5 Å². The van der Waals surface area contributed by atoms with Crippen LogP contribution >= 0.6 is 11.8 Å². The van der Waals surface area contributed by atoms with Crippen LogP contribution in [0, 0.1) is 0 Å². The predicted octanol–water partition coefficient (Wildman–Crippen LogP) is 3.79. The number of benzene rings is 2. The monoisotopic (exact) mass is 287 g/mol. The Bertz CT molecular complexity index is 584. The summed E-state index contributed by atoms with van der Waals surface area (Å²) in [5.74, 6) is 1.68. The third-order valence-electron chi connectivity index (χ3n) is 3.19. The van der Waals surface area contributed by atoms with Crippen LogP contribution in [0.1, 0.15) is 5.56 Å². The van der Waals surface area contributed by atoms with E-state index in [9.17, 15) is 0 Å². The molecule has 20 heavy (non-hydrogen) atoms. The van der Waals surface area contributed by atoms with E-state index in [1.165, 1.54) is 10.5 Å². The van der Waals surface area contributed by atoms with Gasteiger partial charge in [-0.3, -0.25) is 0 Å². The quantitative estimate of drug-likeness (QED) is 0.867. The number of hydrogen-bond acceptors (Lipinski definition) is 4. The molecule has 4 heteroatoms. The Hall–Kier alpha value is -1.81. The maximum absolute atomic E-state index is 5.59. The first-order chi connectivity index (χ1) is 9.85. The van der Waals surface area contributed by atoms with E-state index in [0.717, 1.165) is 23.7 Å². The van der Waals surface area contributed by atoms with Crippen LogP contribution in [0.2, 0.25) is 0 Å². The lowest BCUT2D eigenvalue weighted by Crippen LogP contribution is -2.15. The molecule has 3 rings (SSSR count). The zero-order chi connectivity index (χ0) is 13.8. The van der Waals surface area contributed by atoms with Crippen LogP contribution in [0.4, 0.5) is 5.69 Å². The molecule has 1 aliphatic heterocycles. The van der Waals surface area contributed by atoms with Crippen LogP contribution in [0.3, 0.4) is 0 Å². The fourth-order valence-electron chi connectivity index (χ4n) is 2.11. The molecule has 0 radical (unpaired) electrons. The molecule has 0 saturated heterocycles. The lowest BCUT2D eigenvalue weighted by molar-refractivity contribution is 0.171. The lowest BCUT2D eigenvalue weighted by atomic mass is 10.2. The van der Waals surface area contributed by atoms with Crippen molar-refractivity contribution in [1.29, 1.82) is 0 Å². The third kappa shape index (κ3) is 3.02. The summed E-state index contributed by atoms with van der Waals surface area (Å²) < 4.78 is 11.1. The number of hydrogen-bond donors (Lipinski definition) is 1. The number of ether oxygens (including phenoxy) is 2. The molecule has 2 aromatic rings. The van der Waals surface area contributed by atoms with Gasteiger partial charge in [0.2, 0.25) is 0 Å². The molecular weight excluding hydrogens is 270 g/mol. The summed E-state index contributed by atoms with van der Waals surface area (Å²) in [7, 11) is 0. The number of thioether (sulfide) groups is 1. The molecule has 0 saturated carbocycles. The molecule has 3 nitrogen and oxygen atoms in total. The van der Waals surface area contributed by atoms with Crippen molar-refractivity contribution in [2.75, 3.05) is 24.8 Å². The average Bonchev–Trinajstić information content (AvgIpc) is 2.53. The van der Waals surface area contributed by atoms with Crippen LogP contribution < -0.4 is 14.8 Å². The molecule has 0 amide bonds. The van der Waals surface area contributed by atoms with Gasteiger partial charge in [-0.2, -0.15) is 0 Å². The second-order valence-corrected chi connectivity index (χ2v) is 5.44. The van der Waals surface area contributed by atoms with Crippen LogP contribution in [-0.4, -0.2) is 19.5 Å². The summed E-state index contributed by atoms with van der Waals surface area (Å²) in [4.78, 5) is 1.27. The van der Waals surface area contributed by atoms with Crippen LogP contribution in [0.25, 0.3) is 0 Å². The predicted molar refractivity (Wildman–Crippen MR) is 83.0 cm³/mol. The first kappa shape index (κ1) is 13.2. The molecule has 1 aliphatic rings. The molecule has 1 N–H and O–H groups in total. The summed E-state index contributed by atoms with van der Waals surface area (Å²) in [6, 6.07) is 14.5. The van der Waals surface area contributed by atoms with Gasteiger partial charge >= 0.3 is 0 Å². The Morgan fingerprint density at radius 3 is 2.50 bits per heavy atom. The molecule has 1 heterocycles. The highest BCUT2D eigenvalue weighted by atomic mass is 32.2. The molecule has 0 spiro atoms. The van der Waals surface area contributed by atoms with Gasteiger partial charge in [-0.05, 0) is 48.2 Å². The smallest absolute Gasteiger partial charge is 0.161 e. The van der Waals surface area contributed by atoms with E-state index in [2.05, 4.69) is 41.9 Å². The van der Waals surface area contributed by atoms with E-state index in [1.54, 1.807) is 11.8 Å². The fourth-order valence-corrected chi connectivity index (χ4v) is 2.52. The second-order valence-electron chi connectivity index (χ2n) is 4.56. The van der Waals surface area contributed by atoms with E-state index >= 15 is 0 Å². The topological polar surface area (TPSA) is 30.5 Å². The summed E-state index contributed by atoms with van der Waals surface area (Å²) in [6.45, 7) is 2.03. The fraction of sp³-hybridized carbons (Fsp3) is 0.250. The lowest BCUT2D eigenvalue weighted by Gasteiger charge is -2.19. The number of rotatable bonds is 4. The normalized spacial score (nSPS) is 13.1. The van der Waals surface area contributed by atoms with Crippen molar-refractivity contribution >= 4 is 17.4 Å². The minimum Gasteiger partial charge on any atom is -0.486 e. The standard InChI is InChI=1S/C16H17NO2S/c1-20-14-5-3-13(4-6-14)17-11-12-2-7-15-16(10-12)19-9-8-18-15/h2-7,10,17H,8-9,11H2,1H3.